The molecule has 0 heterocycles. The molecular weight excluding hydrogens is 278 g/mol. The van der Waals surface area contributed by atoms with Gasteiger partial charge in [0.15, 0.2) is 0 Å². The molecule has 0 saturated carbocycles. The summed E-state index contributed by atoms with van der Waals surface area (Å²) in [6.45, 7) is 0.270. The molecule has 0 spiro atoms. The van der Waals surface area contributed by atoms with Gasteiger partial charge in [-0.3, -0.25) is 4.79 Å². The van der Waals surface area contributed by atoms with Crippen molar-refractivity contribution in [1.29, 1.82) is 0 Å². The van der Waals surface area contributed by atoms with E-state index in [1.54, 1.807) is 42.5 Å². The van der Waals surface area contributed by atoms with E-state index in [4.69, 9.17) is 16.3 Å². The number of hydrogen-bond acceptors (Lipinski definition) is 3. The molecule has 0 aromatic heterocycles. The summed E-state index contributed by atoms with van der Waals surface area (Å²) >= 11 is 5.76. The van der Waals surface area contributed by atoms with Crippen LogP contribution in [-0.2, 0) is 4.79 Å². The molecule has 0 aliphatic carbocycles. The van der Waals surface area contributed by atoms with Gasteiger partial charge in [0, 0.05) is 16.8 Å². The molecule has 5 heteroatoms. The zero-order chi connectivity index (χ0) is 14.4. The van der Waals surface area contributed by atoms with Crippen molar-refractivity contribution in [2.24, 2.45) is 0 Å². The molecule has 0 bridgehead atoms. The van der Waals surface area contributed by atoms with Gasteiger partial charge in [-0.25, -0.2) is 0 Å². The van der Waals surface area contributed by atoms with Gasteiger partial charge in [-0.05, 0) is 36.4 Å². The first-order chi connectivity index (χ1) is 9.63. The SMILES string of the molecule is O=C(CCOc1ccc(Cl)cc1)Nc1cccc(O)c1. The highest BCUT2D eigenvalue weighted by atomic mass is 35.5. The first-order valence-corrected chi connectivity index (χ1v) is 6.48. The summed E-state index contributed by atoms with van der Waals surface area (Å²) in [6.07, 6.45) is 0.221. The lowest BCUT2D eigenvalue weighted by molar-refractivity contribution is -0.116. The van der Waals surface area contributed by atoms with Gasteiger partial charge in [0.05, 0.1) is 13.0 Å². The molecule has 0 atom stereocenters. The van der Waals surface area contributed by atoms with Crippen molar-refractivity contribution in [1.82, 2.24) is 0 Å². The third-order valence-electron chi connectivity index (χ3n) is 2.54. The molecule has 20 heavy (non-hydrogen) atoms. The van der Waals surface area contributed by atoms with Crippen LogP contribution in [0.4, 0.5) is 5.69 Å². The summed E-state index contributed by atoms with van der Waals surface area (Å²) in [7, 11) is 0. The number of anilines is 1. The Morgan fingerprint density at radius 1 is 1.20 bits per heavy atom. The van der Waals surface area contributed by atoms with Crippen LogP contribution in [0.3, 0.4) is 0 Å². The van der Waals surface area contributed by atoms with Crippen LogP contribution in [-0.4, -0.2) is 17.6 Å². The van der Waals surface area contributed by atoms with Gasteiger partial charge in [0.1, 0.15) is 11.5 Å². The van der Waals surface area contributed by atoms with Crippen molar-refractivity contribution >= 4 is 23.2 Å². The Morgan fingerprint density at radius 2 is 1.95 bits per heavy atom. The standard InChI is InChI=1S/C15H14ClNO3/c16-11-4-6-14(7-5-11)20-9-8-15(19)17-12-2-1-3-13(18)10-12/h1-7,10,18H,8-9H2,(H,17,19). The summed E-state index contributed by atoms with van der Waals surface area (Å²) in [5, 5.41) is 12.6. The van der Waals surface area contributed by atoms with Crippen molar-refractivity contribution < 1.29 is 14.6 Å². The third-order valence-corrected chi connectivity index (χ3v) is 2.79. The van der Waals surface area contributed by atoms with Crippen molar-refractivity contribution in [3.8, 4) is 11.5 Å². The van der Waals surface area contributed by atoms with E-state index < -0.39 is 0 Å². The second-order valence-corrected chi connectivity index (χ2v) is 4.59. The highest BCUT2D eigenvalue weighted by molar-refractivity contribution is 6.30. The number of carbonyl (C=O) groups excluding carboxylic acids is 1. The van der Waals surface area contributed by atoms with Gasteiger partial charge in [-0.15, -0.1) is 0 Å². The van der Waals surface area contributed by atoms with Crippen LogP contribution in [0.1, 0.15) is 6.42 Å². The molecule has 1 amide bonds. The maximum atomic E-state index is 11.7. The number of benzene rings is 2. The van der Waals surface area contributed by atoms with Gasteiger partial charge in [0.2, 0.25) is 5.91 Å². The fourth-order valence-electron chi connectivity index (χ4n) is 1.60. The smallest absolute Gasteiger partial charge is 0.227 e. The van der Waals surface area contributed by atoms with Crippen molar-refractivity contribution in [2.45, 2.75) is 6.42 Å². The van der Waals surface area contributed by atoms with Crippen molar-refractivity contribution in [3.63, 3.8) is 0 Å². The molecule has 2 N–H and O–H groups in total. The highest BCUT2D eigenvalue weighted by Gasteiger charge is 2.03. The molecule has 2 aromatic rings. The van der Waals surface area contributed by atoms with Crippen LogP contribution in [0.5, 0.6) is 11.5 Å². The Balaban J connectivity index is 1.76. The fourth-order valence-corrected chi connectivity index (χ4v) is 1.73. The van der Waals surface area contributed by atoms with E-state index in [-0.39, 0.29) is 24.7 Å². The second kappa shape index (κ2) is 6.82. The van der Waals surface area contributed by atoms with Crippen molar-refractivity contribution in [2.75, 3.05) is 11.9 Å². The van der Waals surface area contributed by atoms with Crippen LogP contribution >= 0.6 is 11.6 Å². The molecule has 2 rings (SSSR count). The summed E-state index contributed by atoms with van der Waals surface area (Å²) in [4.78, 5) is 11.7. The number of nitrogens with one attached hydrogen (secondary N) is 1. The first kappa shape index (κ1) is 14.2. The maximum Gasteiger partial charge on any atom is 0.227 e. The molecule has 0 aliphatic rings. The van der Waals surface area contributed by atoms with E-state index >= 15 is 0 Å². The lowest BCUT2D eigenvalue weighted by Gasteiger charge is -2.07. The first-order valence-electron chi connectivity index (χ1n) is 6.11. The van der Waals surface area contributed by atoms with E-state index in [1.807, 2.05) is 0 Å². The molecule has 0 fully saturated rings. The number of ether oxygens (including phenoxy) is 1. The summed E-state index contributed by atoms with van der Waals surface area (Å²) in [5.41, 5.74) is 0.557. The van der Waals surface area contributed by atoms with Crippen LogP contribution in [0, 0.1) is 0 Å². The van der Waals surface area contributed by atoms with E-state index in [0.29, 0.717) is 16.5 Å². The van der Waals surface area contributed by atoms with Gasteiger partial charge >= 0.3 is 0 Å². The van der Waals surface area contributed by atoms with Crippen LogP contribution in [0.2, 0.25) is 5.02 Å². The number of aromatic hydroxyl groups is 1. The van der Waals surface area contributed by atoms with Crippen LogP contribution in [0.25, 0.3) is 0 Å². The fraction of sp³-hybridized carbons (Fsp3) is 0.133. The number of amides is 1. The van der Waals surface area contributed by atoms with Crippen LogP contribution < -0.4 is 10.1 Å². The second-order valence-electron chi connectivity index (χ2n) is 4.15. The minimum absolute atomic E-state index is 0.111. The summed E-state index contributed by atoms with van der Waals surface area (Å²) < 4.78 is 5.42. The lowest BCUT2D eigenvalue weighted by Crippen LogP contribution is -2.15. The third kappa shape index (κ3) is 4.48. The van der Waals surface area contributed by atoms with Gasteiger partial charge in [-0.2, -0.15) is 0 Å². The van der Waals surface area contributed by atoms with Crippen LogP contribution in [0.15, 0.2) is 48.5 Å². The van der Waals surface area contributed by atoms with E-state index in [9.17, 15) is 9.90 Å². The zero-order valence-electron chi connectivity index (χ0n) is 10.7. The maximum absolute atomic E-state index is 11.7. The Kier molecular flexibility index (Phi) is 4.85. The molecular formula is C15H14ClNO3. The minimum atomic E-state index is -0.176. The number of phenols is 1. The molecule has 4 nitrogen and oxygen atoms in total. The largest absolute Gasteiger partial charge is 0.508 e. The highest BCUT2D eigenvalue weighted by Crippen LogP contribution is 2.17. The van der Waals surface area contributed by atoms with E-state index in [1.165, 1.54) is 6.07 Å². The topological polar surface area (TPSA) is 58.6 Å². The molecule has 0 radical (unpaired) electrons. The number of halogens is 1. The normalized spacial score (nSPS) is 10.1. The molecule has 104 valence electrons. The minimum Gasteiger partial charge on any atom is -0.508 e. The van der Waals surface area contributed by atoms with E-state index in [2.05, 4.69) is 5.32 Å². The Bertz CT molecular complexity index is 584. The zero-order valence-corrected chi connectivity index (χ0v) is 11.4. The van der Waals surface area contributed by atoms with Crippen molar-refractivity contribution in [3.05, 3.63) is 53.6 Å². The van der Waals surface area contributed by atoms with E-state index in [0.717, 1.165) is 0 Å². The predicted molar refractivity (Wildman–Crippen MR) is 78.3 cm³/mol. The quantitative estimate of drug-likeness (QED) is 0.887. The average molecular weight is 292 g/mol. The molecule has 2 aromatic carbocycles. The molecule has 0 aliphatic heterocycles. The van der Waals surface area contributed by atoms with Gasteiger partial charge in [-0.1, -0.05) is 17.7 Å². The number of carbonyl (C=O) groups is 1. The predicted octanol–water partition coefficient (Wildman–Crippen LogP) is 3.45. The molecule has 0 unspecified atom stereocenters. The summed E-state index contributed by atoms with van der Waals surface area (Å²) in [6, 6.07) is 13.3. The number of hydrogen-bond donors (Lipinski definition) is 2. The monoisotopic (exact) mass is 291 g/mol. The Morgan fingerprint density at radius 3 is 2.65 bits per heavy atom. The van der Waals surface area contributed by atoms with Gasteiger partial charge < -0.3 is 15.2 Å². The Hall–Kier alpha value is -2.20. The number of rotatable bonds is 5. The van der Waals surface area contributed by atoms with Gasteiger partial charge in [0.25, 0.3) is 0 Å². The molecule has 0 saturated heterocycles. The Labute approximate surface area is 122 Å². The lowest BCUT2D eigenvalue weighted by atomic mass is 10.3. The average Bonchev–Trinajstić information content (AvgIpc) is 2.41. The number of phenolic OH excluding ortho intramolecular Hbond substituents is 1. The summed E-state index contributed by atoms with van der Waals surface area (Å²) in [5.74, 6) is 0.601.